The van der Waals surface area contributed by atoms with Gasteiger partial charge in [-0.1, -0.05) is 38.1 Å². The van der Waals surface area contributed by atoms with Crippen molar-refractivity contribution in [3.63, 3.8) is 0 Å². The molecule has 2 aliphatic rings. The van der Waals surface area contributed by atoms with Crippen molar-refractivity contribution in [1.29, 1.82) is 0 Å². The van der Waals surface area contributed by atoms with Gasteiger partial charge in [0.25, 0.3) is 0 Å². The summed E-state index contributed by atoms with van der Waals surface area (Å²) in [6.07, 6.45) is 4.17. The third-order valence-corrected chi connectivity index (χ3v) is 4.59. The summed E-state index contributed by atoms with van der Waals surface area (Å²) in [7, 11) is 0. The third-order valence-electron chi connectivity index (χ3n) is 4.59. The highest BCUT2D eigenvalue weighted by atomic mass is 16.3. The second-order valence-corrected chi connectivity index (χ2v) is 6.32. The zero-order valence-corrected chi connectivity index (χ0v) is 11.3. The maximum atomic E-state index is 11.1. The second-order valence-electron chi connectivity index (χ2n) is 6.32. The van der Waals surface area contributed by atoms with E-state index in [0.29, 0.717) is 18.0 Å². The van der Waals surface area contributed by atoms with E-state index in [1.165, 1.54) is 24.0 Å². The summed E-state index contributed by atoms with van der Waals surface area (Å²) in [6, 6.07) is 9.45. The Bertz CT molecular complexity index is 428. The zero-order chi connectivity index (χ0) is 12.8. The monoisotopic (exact) mass is 245 g/mol. The smallest absolute Gasteiger partial charge is 0.0928 e. The molecule has 2 heterocycles. The molecule has 2 nitrogen and oxygen atoms in total. The number of fused-ring (bicyclic) bond motifs is 2. The molecule has 2 atom stereocenters. The van der Waals surface area contributed by atoms with E-state index in [9.17, 15) is 5.11 Å². The average molecular weight is 245 g/mol. The van der Waals surface area contributed by atoms with Crippen LogP contribution in [0, 0.1) is 0 Å². The lowest BCUT2D eigenvalue weighted by atomic mass is 9.77. The van der Waals surface area contributed by atoms with Gasteiger partial charge >= 0.3 is 0 Å². The molecule has 0 aliphatic carbocycles. The van der Waals surface area contributed by atoms with Crippen molar-refractivity contribution >= 4 is 0 Å². The second kappa shape index (κ2) is 4.36. The number of hydrogen-bond acceptors (Lipinski definition) is 2. The fraction of sp³-hybridized carbons (Fsp3) is 0.625. The molecule has 2 bridgehead atoms. The van der Waals surface area contributed by atoms with Gasteiger partial charge in [0.15, 0.2) is 0 Å². The summed E-state index contributed by atoms with van der Waals surface area (Å²) < 4.78 is 0. The topological polar surface area (TPSA) is 32.3 Å². The molecule has 0 saturated carbocycles. The summed E-state index contributed by atoms with van der Waals surface area (Å²) in [5.41, 5.74) is 1.86. The van der Waals surface area contributed by atoms with Gasteiger partial charge in [0.1, 0.15) is 0 Å². The van der Waals surface area contributed by atoms with Crippen LogP contribution in [0.4, 0.5) is 0 Å². The summed E-state index contributed by atoms with van der Waals surface area (Å²) in [5.74, 6) is 0.470. The van der Waals surface area contributed by atoms with Gasteiger partial charge in [-0.15, -0.1) is 0 Å². The van der Waals surface area contributed by atoms with Gasteiger partial charge in [0.2, 0.25) is 0 Å². The van der Waals surface area contributed by atoms with E-state index >= 15 is 0 Å². The molecule has 18 heavy (non-hydrogen) atoms. The molecule has 2 heteroatoms. The molecule has 1 aromatic rings. The molecule has 98 valence electrons. The van der Waals surface area contributed by atoms with Crippen LogP contribution in [-0.4, -0.2) is 17.2 Å². The Morgan fingerprint density at radius 1 is 1.17 bits per heavy atom. The maximum Gasteiger partial charge on any atom is 0.0928 e. The largest absolute Gasteiger partial charge is 0.385 e. The van der Waals surface area contributed by atoms with Crippen molar-refractivity contribution in [2.24, 2.45) is 0 Å². The van der Waals surface area contributed by atoms with Gasteiger partial charge in [-0.05, 0) is 42.7 Å². The first-order chi connectivity index (χ1) is 8.58. The summed E-state index contributed by atoms with van der Waals surface area (Å²) in [5, 5.41) is 14.7. The van der Waals surface area contributed by atoms with Crippen LogP contribution in [0.3, 0.4) is 0 Å². The highest BCUT2D eigenvalue weighted by Crippen LogP contribution is 2.42. The highest BCUT2D eigenvalue weighted by molar-refractivity contribution is 5.35. The molecular formula is C16H23NO. The molecule has 0 amide bonds. The van der Waals surface area contributed by atoms with Crippen molar-refractivity contribution in [3.05, 3.63) is 35.4 Å². The van der Waals surface area contributed by atoms with E-state index < -0.39 is 5.60 Å². The Balaban J connectivity index is 1.98. The molecule has 2 fully saturated rings. The van der Waals surface area contributed by atoms with Crippen molar-refractivity contribution in [3.8, 4) is 0 Å². The van der Waals surface area contributed by atoms with Crippen LogP contribution in [0.5, 0.6) is 0 Å². The molecule has 2 saturated heterocycles. The normalized spacial score (nSPS) is 35.1. The lowest BCUT2D eigenvalue weighted by Gasteiger charge is -2.39. The average Bonchev–Trinajstić information content (AvgIpc) is 2.69. The Morgan fingerprint density at radius 3 is 2.39 bits per heavy atom. The third kappa shape index (κ3) is 1.98. The molecule has 0 radical (unpaired) electrons. The number of hydrogen-bond donors (Lipinski definition) is 2. The van der Waals surface area contributed by atoms with Crippen molar-refractivity contribution < 1.29 is 5.11 Å². The van der Waals surface area contributed by atoms with E-state index in [1.54, 1.807) is 0 Å². The zero-order valence-electron chi connectivity index (χ0n) is 11.3. The fourth-order valence-corrected chi connectivity index (χ4v) is 3.77. The predicted octanol–water partition coefficient (Wildman–Crippen LogP) is 2.91. The van der Waals surface area contributed by atoms with E-state index in [-0.39, 0.29) is 0 Å². The van der Waals surface area contributed by atoms with Crippen LogP contribution in [-0.2, 0) is 5.60 Å². The van der Waals surface area contributed by atoms with E-state index in [2.05, 4.69) is 43.4 Å². The van der Waals surface area contributed by atoms with Gasteiger partial charge in [-0.25, -0.2) is 0 Å². The van der Waals surface area contributed by atoms with E-state index in [0.717, 1.165) is 12.8 Å². The van der Waals surface area contributed by atoms with E-state index in [4.69, 9.17) is 0 Å². The molecule has 2 N–H and O–H groups in total. The summed E-state index contributed by atoms with van der Waals surface area (Å²) in [4.78, 5) is 0. The van der Waals surface area contributed by atoms with Crippen LogP contribution < -0.4 is 5.32 Å². The molecule has 2 aliphatic heterocycles. The van der Waals surface area contributed by atoms with Crippen molar-refractivity contribution in [2.45, 2.75) is 63.1 Å². The number of benzene rings is 1. The number of nitrogens with one attached hydrogen (secondary N) is 1. The summed E-state index contributed by atoms with van der Waals surface area (Å²) in [6.45, 7) is 4.41. The number of aliphatic hydroxyl groups is 1. The Labute approximate surface area is 109 Å². The van der Waals surface area contributed by atoms with E-state index in [1.807, 2.05) is 0 Å². The van der Waals surface area contributed by atoms with Crippen LogP contribution >= 0.6 is 0 Å². The quantitative estimate of drug-likeness (QED) is 0.839. The minimum atomic E-state index is -0.613. The molecule has 3 rings (SSSR count). The Morgan fingerprint density at radius 2 is 1.78 bits per heavy atom. The maximum absolute atomic E-state index is 11.1. The molecule has 2 unspecified atom stereocenters. The van der Waals surface area contributed by atoms with Crippen molar-refractivity contribution in [1.82, 2.24) is 5.32 Å². The van der Waals surface area contributed by atoms with Crippen molar-refractivity contribution in [2.75, 3.05) is 0 Å². The highest BCUT2D eigenvalue weighted by Gasteiger charge is 2.44. The summed E-state index contributed by atoms with van der Waals surface area (Å²) >= 11 is 0. The lowest BCUT2D eigenvalue weighted by molar-refractivity contribution is -0.0123. The first-order valence-electron chi connectivity index (χ1n) is 7.16. The number of rotatable bonds is 2. The molecule has 0 aromatic heterocycles. The first-order valence-corrected chi connectivity index (χ1v) is 7.16. The lowest BCUT2D eigenvalue weighted by Crippen LogP contribution is -2.47. The Hall–Kier alpha value is -0.860. The van der Waals surface area contributed by atoms with Gasteiger partial charge < -0.3 is 10.4 Å². The molecule has 0 spiro atoms. The minimum Gasteiger partial charge on any atom is -0.385 e. The predicted molar refractivity (Wildman–Crippen MR) is 73.6 cm³/mol. The van der Waals surface area contributed by atoms with Gasteiger partial charge in [0.05, 0.1) is 5.60 Å². The van der Waals surface area contributed by atoms with Crippen LogP contribution in [0.25, 0.3) is 0 Å². The number of piperidine rings is 1. The van der Waals surface area contributed by atoms with Crippen LogP contribution in [0.15, 0.2) is 24.3 Å². The van der Waals surface area contributed by atoms with Crippen LogP contribution in [0.1, 0.15) is 56.6 Å². The molecule has 1 aromatic carbocycles. The first kappa shape index (κ1) is 12.2. The van der Waals surface area contributed by atoms with Gasteiger partial charge in [-0.3, -0.25) is 0 Å². The fourth-order valence-electron chi connectivity index (χ4n) is 3.77. The van der Waals surface area contributed by atoms with Gasteiger partial charge in [0, 0.05) is 12.1 Å². The molecular weight excluding hydrogens is 222 g/mol. The standard InChI is InChI=1S/C16H23NO/c1-11(2)14-5-3-4-6-15(14)16(18)9-12-7-8-13(10-16)17-12/h3-6,11-13,17-18H,7-10H2,1-2H3. The van der Waals surface area contributed by atoms with Gasteiger partial charge in [-0.2, -0.15) is 0 Å². The Kier molecular flexibility index (Phi) is 2.95. The SMILES string of the molecule is CC(C)c1ccccc1C1(O)CC2CCC(C1)N2. The van der Waals surface area contributed by atoms with Crippen LogP contribution in [0.2, 0.25) is 0 Å². The minimum absolute atomic E-state index is 0.470.